The highest BCUT2D eigenvalue weighted by Gasteiger charge is 2.35. The highest BCUT2D eigenvalue weighted by molar-refractivity contribution is 5.13. The van der Waals surface area contributed by atoms with Gasteiger partial charge in [0.25, 0.3) is 0 Å². The van der Waals surface area contributed by atoms with Gasteiger partial charge in [-0.3, -0.25) is 4.98 Å². The molecule has 1 aliphatic carbocycles. The second-order valence-electron chi connectivity index (χ2n) is 4.09. The summed E-state index contributed by atoms with van der Waals surface area (Å²) in [4.78, 5) is 4.01. The van der Waals surface area contributed by atoms with Crippen molar-refractivity contribution >= 4 is 0 Å². The molecule has 13 heavy (non-hydrogen) atoms. The van der Waals surface area contributed by atoms with Gasteiger partial charge in [0.05, 0.1) is 0 Å². The zero-order chi connectivity index (χ0) is 9.15. The van der Waals surface area contributed by atoms with E-state index in [2.05, 4.69) is 17.1 Å². The maximum absolute atomic E-state index is 5.80. The number of rotatable bonds is 3. The van der Waals surface area contributed by atoms with E-state index in [9.17, 15) is 0 Å². The zero-order valence-corrected chi connectivity index (χ0v) is 7.87. The lowest BCUT2D eigenvalue weighted by molar-refractivity contribution is 0.145. The van der Waals surface area contributed by atoms with Crippen LogP contribution >= 0.6 is 0 Å². The maximum atomic E-state index is 5.80. The van der Waals surface area contributed by atoms with Crippen molar-refractivity contribution in [2.24, 2.45) is 11.1 Å². The van der Waals surface area contributed by atoms with Crippen LogP contribution in [-0.4, -0.2) is 11.5 Å². The molecule has 0 aromatic carbocycles. The monoisotopic (exact) mass is 176 g/mol. The Bertz CT molecular complexity index is 259. The quantitative estimate of drug-likeness (QED) is 0.762. The van der Waals surface area contributed by atoms with Crippen molar-refractivity contribution < 1.29 is 0 Å². The maximum Gasteiger partial charge on any atom is 0.0270 e. The van der Waals surface area contributed by atoms with Crippen LogP contribution in [0.25, 0.3) is 0 Å². The lowest BCUT2D eigenvalue weighted by Gasteiger charge is -2.41. The summed E-state index contributed by atoms with van der Waals surface area (Å²) in [5.74, 6) is 0. The summed E-state index contributed by atoms with van der Waals surface area (Å²) in [6.45, 7) is 0.829. The third-order valence-electron chi connectivity index (χ3n) is 3.18. The minimum absolute atomic E-state index is 0.418. The Labute approximate surface area is 79.2 Å². The predicted octanol–water partition coefficient (Wildman–Crippen LogP) is 1.75. The van der Waals surface area contributed by atoms with Crippen molar-refractivity contribution in [1.82, 2.24) is 4.98 Å². The standard InChI is InChI=1S/C11H16N2/c12-9-11(4-1-5-11)8-10-2-6-13-7-3-10/h2-3,6-7H,1,4-5,8-9,12H2. The molecule has 1 saturated carbocycles. The van der Waals surface area contributed by atoms with E-state index >= 15 is 0 Å². The average molecular weight is 176 g/mol. The predicted molar refractivity (Wildman–Crippen MR) is 53.3 cm³/mol. The fraction of sp³-hybridized carbons (Fsp3) is 0.545. The molecule has 0 unspecified atom stereocenters. The van der Waals surface area contributed by atoms with Crippen LogP contribution < -0.4 is 5.73 Å². The average Bonchev–Trinajstić information content (AvgIpc) is 2.13. The fourth-order valence-electron chi connectivity index (χ4n) is 2.06. The number of hydrogen-bond donors (Lipinski definition) is 1. The van der Waals surface area contributed by atoms with Gasteiger partial charge in [0.1, 0.15) is 0 Å². The Kier molecular flexibility index (Phi) is 2.32. The normalized spacial score (nSPS) is 19.5. The molecule has 0 spiro atoms. The van der Waals surface area contributed by atoms with Crippen molar-refractivity contribution in [3.05, 3.63) is 30.1 Å². The molecule has 2 N–H and O–H groups in total. The van der Waals surface area contributed by atoms with Crippen LogP contribution in [0.2, 0.25) is 0 Å². The molecule has 0 saturated heterocycles. The van der Waals surface area contributed by atoms with Crippen molar-refractivity contribution in [2.45, 2.75) is 25.7 Å². The first-order valence-corrected chi connectivity index (χ1v) is 4.94. The van der Waals surface area contributed by atoms with Crippen LogP contribution in [0.3, 0.4) is 0 Å². The van der Waals surface area contributed by atoms with Crippen molar-refractivity contribution in [3.63, 3.8) is 0 Å². The summed E-state index contributed by atoms with van der Waals surface area (Å²) >= 11 is 0. The lowest BCUT2D eigenvalue weighted by Crippen LogP contribution is -2.39. The van der Waals surface area contributed by atoms with Crippen LogP contribution in [0.15, 0.2) is 24.5 Å². The Balaban J connectivity index is 2.05. The molecular formula is C11H16N2. The van der Waals surface area contributed by atoms with Crippen molar-refractivity contribution in [3.8, 4) is 0 Å². The van der Waals surface area contributed by atoms with E-state index in [-0.39, 0.29) is 0 Å². The Morgan fingerprint density at radius 2 is 2.00 bits per heavy atom. The molecule has 1 heterocycles. The van der Waals surface area contributed by atoms with Gasteiger partial charge in [-0.05, 0) is 48.9 Å². The van der Waals surface area contributed by atoms with E-state index < -0.39 is 0 Å². The van der Waals surface area contributed by atoms with E-state index in [4.69, 9.17) is 5.73 Å². The molecule has 0 amide bonds. The van der Waals surface area contributed by atoms with Crippen LogP contribution in [0.5, 0.6) is 0 Å². The molecule has 1 fully saturated rings. The van der Waals surface area contributed by atoms with E-state index in [0.717, 1.165) is 13.0 Å². The SMILES string of the molecule is NCC1(Cc2ccncc2)CCC1. The molecule has 0 atom stereocenters. The third-order valence-corrected chi connectivity index (χ3v) is 3.18. The Hall–Kier alpha value is -0.890. The van der Waals surface area contributed by atoms with Crippen molar-refractivity contribution in [2.75, 3.05) is 6.54 Å². The minimum Gasteiger partial charge on any atom is -0.330 e. The molecule has 0 bridgehead atoms. The third kappa shape index (κ3) is 1.73. The second-order valence-corrected chi connectivity index (χ2v) is 4.09. The van der Waals surface area contributed by atoms with Crippen LogP contribution in [0, 0.1) is 5.41 Å². The fourth-order valence-corrected chi connectivity index (χ4v) is 2.06. The van der Waals surface area contributed by atoms with E-state index in [1.54, 1.807) is 0 Å². The van der Waals surface area contributed by atoms with Gasteiger partial charge in [-0.1, -0.05) is 6.42 Å². The van der Waals surface area contributed by atoms with Crippen LogP contribution in [0.1, 0.15) is 24.8 Å². The van der Waals surface area contributed by atoms with Gasteiger partial charge in [0, 0.05) is 12.4 Å². The van der Waals surface area contributed by atoms with Gasteiger partial charge in [-0.2, -0.15) is 0 Å². The summed E-state index contributed by atoms with van der Waals surface area (Å²) in [7, 11) is 0. The van der Waals surface area contributed by atoms with E-state index in [1.165, 1.54) is 24.8 Å². The van der Waals surface area contributed by atoms with Crippen molar-refractivity contribution in [1.29, 1.82) is 0 Å². The molecule has 2 rings (SSSR count). The highest BCUT2D eigenvalue weighted by Crippen LogP contribution is 2.42. The molecule has 70 valence electrons. The van der Waals surface area contributed by atoms with Gasteiger partial charge < -0.3 is 5.73 Å². The number of hydrogen-bond acceptors (Lipinski definition) is 2. The highest BCUT2D eigenvalue weighted by atomic mass is 14.6. The topological polar surface area (TPSA) is 38.9 Å². The summed E-state index contributed by atoms with van der Waals surface area (Å²) in [6.07, 6.45) is 8.79. The second kappa shape index (κ2) is 3.46. The van der Waals surface area contributed by atoms with Gasteiger partial charge >= 0.3 is 0 Å². The largest absolute Gasteiger partial charge is 0.330 e. The summed E-state index contributed by atoms with van der Waals surface area (Å²) in [5, 5.41) is 0. The lowest BCUT2D eigenvalue weighted by atomic mass is 9.65. The smallest absolute Gasteiger partial charge is 0.0270 e. The first-order chi connectivity index (χ1) is 6.35. The summed E-state index contributed by atoms with van der Waals surface area (Å²) < 4.78 is 0. The number of aromatic nitrogens is 1. The number of nitrogens with two attached hydrogens (primary N) is 1. The first kappa shape index (κ1) is 8.70. The number of nitrogens with zero attached hydrogens (tertiary/aromatic N) is 1. The molecule has 1 aromatic rings. The first-order valence-electron chi connectivity index (χ1n) is 4.94. The minimum atomic E-state index is 0.418. The summed E-state index contributed by atoms with van der Waals surface area (Å²) in [5.41, 5.74) is 7.59. The molecule has 0 radical (unpaired) electrons. The van der Waals surface area contributed by atoms with Crippen LogP contribution in [0.4, 0.5) is 0 Å². The number of pyridine rings is 1. The van der Waals surface area contributed by atoms with E-state index in [1.807, 2.05) is 12.4 Å². The molecule has 1 aliphatic rings. The van der Waals surface area contributed by atoms with Gasteiger partial charge in [0.15, 0.2) is 0 Å². The zero-order valence-electron chi connectivity index (χ0n) is 7.87. The Morgan fingerprint density at radius 3 is 2.46 bits per heavy atom. The van der Waals surface area contributed by atoms with E-state index in [0.29, 0.717) is 5.41 Å². The van der Waals surface area contributed by atoms with Crippen LogP contribution in [-0.2, 0) is 6.42 Å². The van der Waals surface area contributed by atoms with Gasteiger partial charge in [0.2, 0.25) is 0 Å². The molecule has 1 aromatic heterocycles. The molecular weight excluding hydrogens is 160 g/mol. The van der Waals surface area contributed by atoms with Gasteiger partial charge in [-0.25, -0.2) is 0 Å². The summed E-state index contributed by atoms with van der Waals surface area (Å²) in [6, 6.07) is 4.19. The Morgan fingerprint density at radius 1 is 1.31 bits per heavy atom. The molecule has 2 nitrogen and oxygen atoms in total. The van der Waals surface area contributed by atoms with Gasteiger partial charge in [-0.15, -0.1) is 0 Å². The molecule has 2 heteroatoms. The molecule has 0 aliphatic heterocycles.